The van der Waals surface area contributed by atoms with Crippen LogP contribution in [0.2, 0.25) is 5.02 Å². The summed E-state index contributed by atoms with van der Waals surface area (Å²) in [7, 11) is 0. The van der Waals surface area contributed by atoms with Gasteiger partial charge < -0.3 is 24.7 Å². The van der Waals surface area contributed by atoms with Gasteiger partial charge in [-0.15, -0.1) is 0 Å². The van der Waals surface area contributed by atoms with Crippen molar-refractivity contribution in [3.8, 4) is 22.6 Å². The molecular weight excluding hydrogens is 434 g/mol. The van der Waals surface area contributed by atoms with E-state index in [1.54, 1.807) is 0 Å². The number of aromatic nitrogens is 2. The van der Waals surface area contributed by atoms with Gasteiger partial charge in [0.2, 0.25) is 0 Å². The van der Waals surface area contributed by atoms with Gasteiger partial charge in [-0.3, -0.25) is 0 Å². The fourth-order valence-corrected chi connectivity index (χ4v) is 4.48. The molecule has 3 heterocycles. The van der Waals surface area contributed by atoms with E-state index in [1.165, 1.54) is 23.4 Å². The number of piperazine rings is 1. The van der Waals surface area contributed by atoms with E-state index in [2.05, 4.69) is 9.97 Å². The Bertz CT molecular complexity index is 1220. The second kappa shape index (κ2) is 7.09. The second-order valence-corrected chi connectivity index (χ2v) is 7.65. The van der Waals surface area contributed by atoms with Gasteiger partial charge in [-0.05, 0) is 12.1 Å². The number of amides is 1. The Kier molecular flexibility index (Phi) is 4.47. The van der Waals surface area contributed by atoms with Gasteiger partial charge in [-0.25, -0.2) is 23.5 Å². The highest BCUT2D eigenvalue weighted by Crippen LogP contribution is 2.49. The van der Waals surface area contributed by atoms with Gasteiger partial charge in [0.15, 0.2) is 11.6 Å². The Balaban J connectivity index is 1.75. The number of carbonyl (C=O) groups is 1. The number of fused-ring (bicyclic) bond motifs is 2. The summed E-state index contributed by atoms with van der Waals surface area (Å²) in [5, 5.41) is 19.5. The number of phenolic OH excluding ortho intramolecular Hbond substituents is 1. The van der Waals surface area contributed by atoms with E-state index in [-0.39, 0.29) is 53.0 Å². The second-order valence-electron chi connectivity index (χ2n) is 7.27. The van der Waals surface area contributed by atoms with E-state index in [0.29, 0.717) is 12.4 Å². The molecule has 0 unspecified atom stereocenters. The van der Waals surface area contributed by atoms with Crippen LogP contribution >= 0.6 is 11.6 Å². The van der Waals surface area contributed by atoms with E-state index in [0.717, 1.165) is 6.07 Å². The Hall–Kier alpha value is -3.40. The van der Waals surface area contributed by atoms with Crippen molar-refractivity contribution in [2.75, 3.05) is 31.1 Å². The average molecular weight is 449 g/mol. The highest BCUT2D eigenvalue weighted by atomic mass is 35.5. The lowest BCUT2D eigenvalue weighted by Gasteiger charge is -2.39. The maximum absolute atomic E-state index is 15.6. The number of rotatable bonds is 1. The van der Waals surface area contributed by atoms with Gasteiger partial charge in [0.05, 0.1) is 22.0 Å². The maximum Gasteiger partial charge on any atom is 0.407 e. The quantitative estimate of drug-likeness (QED) is 0.588. The van der Waals surface area contributed by atoms with Gasteiger partial charge in [0, 0.05) is 25.2 Å². The van der Waals surface area contributed by atoms with Crippen molar-refractivity contribution in [2.45, 2.75) is 6.04 Å². The molecule has 1 atom stereocenters. The minimum absolute atomic E-state index is 0.0449. The average Bonchev–Trinajstić information content (AvgIpc) is 2.91. The summed E-state index contributed by atoms with van der Waals surface area (Å²) in [5.74, 6) is -1.84. The minimum atomic E-state index is -1.05. The molecule has 2 N–H and O–H groups in total. The van der Waals surface area contributed by atoms with Gasteiger partial charge >= 0.3 is 6.09 Å². The molecule has 3 aromatic rings. The van der Waals surface area contributed by atoms with Crippen molar-refractivity contribution < 1.29 is 28.5 Å². The zero-order chi connectivity index (χ0) is 21.9. The molecule has 1 aromatic heterocycles. The summed E-state index contributed by atoms with van der Waals surface area (Å²) in [5.41, 5.74) is -0.897. The molecule has 1 amide bonds. The van der Waals surface area contributed by atoms with Crippen LogP contribution in [-0.4, -0.2) is 63.5 Å². The maximum atomic E-state index is 15.6. The van der Waals surface area contributed by atoms with Gasteiger partial charge in [-0.1, -0.05) is 17.7 Å². The third-order valence-corrected chi connectivity index (χ3v) is 5.95. The fraction of sp³-hybridized carbons (Fsp3) is 0.250. The number of halogens is 3. The lowest BCUT2D eigenvalue weighted by Crippen LogP contribution is -2.56. The van der Waals surface area contributed by atoms with E-state index >= 15 is 4.39 Å². The Morgan fingerprint density at radius 1 is 1.23 bits per heavy atom. The van der Waals surface area contributed by atoms with Crippen LogP contribution in [0.1, 0.15) is 0 Å². The van der Waals surface area contributed by atoms with Crippen molar-refractivity contribution in [1.82, 2.24) is 14.9 Å². The molecule has 0 aliphatic carbocycles. The van der Waals surface area contributed by atoms with Crippen LogP contribution in [0, 0.1) is 11.6 Å². The molecule has 8 nitrogen and oxygen atoms in total. The summed E-state index contributed by atoms with van der Waals surface area (Å²) < 4.78 is 36.0. The highest BCUT2D eigenvalue weighted by Gasteiger charge is 2.37. The highest BCUT2D eigenvalue weighted by molar-refractivity contribution is 6.36. The molecule has 2 aromatic carbocycles. The molecule has 0 radical (unpaired) electrons. The molecule has 0 bridgehead atoms. The number of ether oxygens (including phenoxy) is 1. The molecule has 160 valence electrons. The number of anilines is 1. The van der Waals surface area contributed by atoms with Crippen LogP contribution in [0.25, 0.3) is 22.0 Å². The zero-order valence-corrected chi connectivity index (χ0v) is 16.6. The molecule has 2 aliphatic rings. The summed E-state index contributed by atoms with van der Waals surface area (Å²) in [6.45, 7) is 0.768. The number of nitrogens with zero attached hydrogens (tertiary/aromatic N) is 4. The van der Waals surface area contributed by atoms with Crippen LogP contribution in [-0.2, 0) is 0 Å². The van der Waals surface area contributed by atoms with Crippen molar-refractivity contribution in [2.24, 2.45) is 0 Å². The summed E-state index contributed by atoms with van der Waals surface area (Å²) in [6, 6.07) is 3.21. The van der Waals surface area contributed by atoms with E-state index in [1.807, 2.05) is 4.90 Å². The van der Waals surface area contributed by atoms with Crippen molar-refractivity contribution >= 4 is 34.4 Å². The molecule has 0 spiro atoms. The number of benzene rings is 2. The molecular formula is C20H15ClF2N4O4. The van der Waals surface area contributed by atoms with Crippen molar-refractivity contribution in [3.63, 3.8) is 0 Å². The number of aromatic hydroxyl groups is 1. The first-order valence-corrected chi connectivity index (χ1v) is 9.77. The normalized spacial score (nSPS) is 17.8. The van der Waals surface area contributed by atoms with Crippen LogP contribution in [0.15, 0.2) is 24.5 Å². The Morgan fingerprint density at radius 2 is 2.03 bits per heavy atom. The van der Waals surface area contributed by atoms with Crippen molar-refractivity contribution in [3.05, 3.63) is 41.2 Å². The number of carboxylic acid groups (broad SMARTS) is 1. The lowest BCUT2D eigenvalue weighted by molar-refractivity contribution is 0.127. The van der Waals surface area contributed by atoms with Crippen LogP contribution in [0.5, 0.6) is 11.5 Å². The lowest BCUT2D eigenvalue weighted by atomic mass is 10.00. The first-order chi connectivity index (χ1) is 14.9. The van der Waals surface area contributed by atoms with E-state index in [9.17, 15) is 19.4 Å². The standard InChI is InChI=1S/C20H15ClF2N4O4/c21-15-13(12-10(22)2-1-3-11(12)28)16(23)17-14-18(15)31-7-9-6-26(20(29)30)4-5-27(9)19(14)25-8-24-17/h1-3,8-9,28H,4-7H2,(H,29,30)/t9-/m0/s1. The van der Waals surface area contributed by atoms with Crippen molar-refractivity contribution in [1.29, 1.82) is 0 Å². The number of hydrogen-bond acceptors (Lipinski definition) is 6. The third-order valence-electron chi connectivity index (χ3n) is 5.59. The molecule has 0 saturated carbocycles. The minimum Gasteiger partial charge on any atom is -0.507 e. The molecule has 1 saturated heterocycles. The number of hydrogen-bond donors (Lipinski definition) is 2. The Labute approximate surface area is 179 Å². The van der Waals surface area contributed by atoms with Gasteiger partial charge in [-0.2, -0.15) is 0 Å². The first-order valence-electron chi connectivity index (χ1n) is 9.39. The SMILES string of the molecule is O=C(O)N1CCN2c3ncnc4c(F)c(-c5c(O)cccc5F)c(Cl)c(c34)OC[C@@H]2C1. The summed E-state index contributed by atoms with van der Waals surface area (Å²) >= 11 is 6.51. The fourth-order valence-electron chi connectivity index (χ4n) is 4.15. The molecule has 1 fully saturated rings. The Morgan fingerprint density at radius 3 is 2.77 bits per heavy atom. The first kappa shape index (κ1) is 19.6. The molecule has 2 aliphatic heterocycles. The smallest absolute Gasteiger partial charge is 0.407 e. The molecule has 5 rings (SSSR count). The number of phenols is 1. The summed E-state index contributed by atoms with van der Waals surface area (Å²) in [4.78, 5) is 22.8. The van der Waals surface area contributed by atoms with Crippen LogP contribution in [0.4, 0.5) is 19.4 Å². The van der Waals surface area contributed by atoms with E-state index in [4.69, 9.17) is 16.3 Å². The largest absolute Gasteiger partial charge is 0.507 e. The molecule has 11 heteroatoms. The predicted octanol–water partition coefficient (Wildman–Crippen LogP) is 3.50. The van der Waals surface area contributed by atoms with Crippen LogP contribution in [0.3, 0.4) is 0 Å². The predicted molar refractivity (Wildman–Crippen MR) is 108 cm³/mol. The summed E-state index contributed by atoms with van der Waals surface area (Å²) in [6.07, 6.45) is 0.130. The zero-order valence-electron chi connectivity index (χ0n) is 15.8. The topological polar surface area (TPSA) is 99.0 Å². The van der Waals surface area contributed by atoms with Gasteiger partial charge in [0.1, 0.15) is 35.8 Å². The monoisotopic (exact) mass is 448 g/mol. The van der Waals surface area contributed by atoms with E-state index < -0.39 is 29.0 Å². The van der Waals surface area contributed by atoms with Gasteiger partial charge in [0.25, 0.3) is 0 Å². The molecule has 31 heavy (non-hydrogen) atoms. The third kappa shape index (κ3) is 2.89. The van der Waals surface area contributed by atoms with Crippen LogP contribution < -0.4 is 9.64 Å².